The fourth-order valence-electron chi connectivity index (χ4n) is 3.35. The number of carbonyl (C=O) groups is 1. The molecule has 160 valence electrons. The van der Waals surface area contributed by atoms with Crippen LogP contribution < -0.4 is 15.2 Å². The lowest BCUT2D eigenvalue weighted by molar-refractivity contribution is 0.0734. The number of nitriles is 1. The topological polar surface area (TPSA) is 85.3 Å². The van der Waals surface area contributed by atoms with Crippen LogP contribution in [-0.2, 0) is 0 Å². The Labute approximate surface area is 203 Å². The molecule has 0 spiro atoms. The van der Waals surface area contributed by atoms with E-state index in [9.17, 15) is 10.1 Å². The molecule has 0 saturated carbocycles. The van der Waals surface area contributed by atoms with Gasteiger partial charge in [-0.1, -0.05) is 58.5 Å². The highest BCUT2D eigenvalue weighted by atomic mass is 35.5. The number of allylic oxidation sites excluding steroid dienone is 1. The van der Waals surface area contributed by atoms with Crippen LogP contribution in [0.15, 0.2) is 66.1 Å². The summed E-state index contributed by atoms with van der Waals surface area (Å²) in [4.78, 5) is 12.5. The van der Waals surface area contributed by atoms with Gasteiger partial charge >= 0.3 is 5.97 Å². The zero-order valence-corrected chi connectivity index (χ0v) is 19.1. The van der Waals surface area contributed by atoms with Crippen LogP contribution in [0.5, 0.6) is 11.5 Å². The first-order valence-corrected chi connectivity index (χ1v) is 10.6. The average Bonchev–Trinajstić information content (AvgIpc) is 2.74. The Hall–Kier alpha value is -2.88. The van der Waals surface area contributed by atoms with Gasteiger partial charge in [0.05, 0.1) is 26.5 Å². The first-order chi connectivity index (χ1) is 15.3. The Morgan fingerprint density at radius 1 is 0.969 bits per heavy atom. The number of fused-ring (bicyclic) bond motifs is 1. The van der Waals surface area contributed by atoms with E-state index in [-0.39, 0.29) is 27.8 Å². The molecule has 0 aliphatic carbocycles. The highest BCUT2D eigenvalue weighted by molar-refractivity contribution is 6.42. The minimum atomic E-state index is -0.662. The van der Waals surface area contributed by atoms with Crippen molar-refractivity contribution in [2.75, 3.05) is 0 Å². The molecule has 0 radical (unpaired) electrons. The van der Waals surface area contributed by atoms with Crippen LogP contribution in [0.4, 0.5) is 0 Å². The maximum absolute atomic E-state index is 12.5. The monoisotopic (exact) mass is 504 g/mol. The van der Waals surface area contributed by atoms with E-state index < -0.39 is 11.9 Å². The normalized spacial score (nSPS) is 14.9. The second-order valence-corrected chi connectivity index (χ2v) is 8.47. The molecule has 3 aromatic carbocycles. The van der Waals surface area contributed by atoms with Crippen LogP contribution in [0, 0.1) is 11.3 Å². The molecule has 1 aliphatic heterocycles. The number of esters is 1. The van der Waals surface area contributed by atoms with Crippen LogP contribution in [-0.4, -0.2) is 5.97 Å². The Morgan fingerprint density at radius 2 is 1.75 bits per heavy atom. The number of hydrogen-bond donors (Lipinski definition) is 1. The van der Waals surface area contributed by atoms with Gasteiger partial charge in [-0.25, -0.2) is 4.79 Å². The Bertz CT molecular complexity index is 1330. The van der Waals surface area contributed by atoms with E-state index in [0.717, 1.165) is 0 Å². The highest BCUT2D eigenvalue weighted by Gasteiger charge is 2.31. The molecule has 0 aromatic heterocycles. The van der Waals surface area contributed by atoms with Crippen molar-refractivity contribution < 1.29 is 14.3 Å². The van der Waals surface area contributed by atoms with Gasteiger partial charge in [-0.15, -0.1) is 0 Å². The Morgan fingerprint density at radius 3 is 2.44 bits per heavy atom. The standard InChI is InChI=1S/C23H12Cl4N2O3/c24-12-2-4-14(18(26)8-12)23(30)31-13-3-5-15-20(9-13)32-22(29)16(10-28)21(15)11-1-6-17(25)19(27)7-11/h1-9,21H,29H2. The summed E-state index contributed by atoms with van der Waals surface area (Å²) in [5.41, 5.74) is 7.77. The van der Waals surface area contributed by atoms with Crippen molar-refractivity contribution in [3.8, 4) is 17.6 Å². The number of ether oxygens (including phenoxy) is 2. The third kappa shape index (κ3) is 4.23. The largest absolute Gasteiger partial charge is 0.440 e. The van der Waals surface area contributed by atoms with Gasteiger partial charge in [0, 0.05) is 16.7 Å². The third-order valence-electron chi connectivity index (χ3n) is 4.83. The van der Waals surface area contributed by atoms with Gasteiger partial charge in [-0.2, -0.15) is 5.26 Å². The van der Waals surface area contributed by atoms with Gasteiger partial charge in [0.2, 0.25) is 5.88 Å². The van der Waals surface area contributed by atoms with Gasteiger partial charge in [-0.05, 0) is 42.0 Å². The van der Waals surface area contributed by atoms with Gasteiger partial charge in [0.25, 0.3) is 0 Å². The number of benzene rings is 3. The van der Waals surface area contributed by atoms with Crippen molar-refractivity contribution >= 4 is 52.4 Å². The van der Waals surface area contributed by atoms with Gasteiger partial charge in [0.1, 0.15) is 23.1 Å². The summed E-state index contributed by atoms with van der Waals surface area (Å²) in [6.45, 7) is 0. The van der Waals surface area contributed by atoms with Crippen molar-refractivity contribution in [3.05, 3.63) is 103 Å². The van der Waals surface area contributed by atoms with Crippen LogP contribution in [0.3, 0.4) is 0 Å². The van der Waals surface area contributed by atoms with Crippen molar-refractivity contribution in [1.29, 1.82) is 5.26 Å². The smallest absolute Gasteiger partial charge is 0.345 e. The molecule has 1 unspecified atom stereocenters. The number of nitrogens with two attached hydrogens (primary N) is 1. The van der Waals surface area contributed by atoms with E-state index in [1.807, 2.05) is 0 Å². The molecule has 1 heterocycles. The third-order valence-corrected chi connectivity index (χ3v) is 6.12. The summed E-state index contributed by atoms with van der Waals surface area (Å²) >= 11 is 24.2. The summed E-state index contributed by atoms with van der Waals surface area (Å²) < 4.78 is 11.1. The van der Waals surface area contributed by atoms with E-state index in [2.05, 4.69) is 6.07 Å². The molecule has 5 nitrogen and oxygen atoms in total. The molecule has 4 rings (SSSR count). The minimum absolute atomic E-state index is 0.0553. The first-order valence-electron chi connectivity index (χ1n) is 9.12. The first kappa shape index (κ1) is 22.3. The quantitative estimate of drug-likeness (QED) is 0.314. The fourth-order valence-corrected chi connectivity index (χ4v) is 4.14. The second kappa shape index (κ2) is 8.93. The number of nitrogens with zero attached hydrogens (tertiary/aromatic N) is 1. The van der Waals surface area contributed by atoms with Crippen molar-refractivity contribution in [2.45, 2.75) is 5.92 Å². The van der Waals surface area contributed by atoms with Crippen LogP contribution >= 0.6 is 46.4 Å². The number of hydrogen-bond acceptors (Lipinski definition) is 5. The summed E-state index contributed by atoms with van der Waals surface area (Å²) in [6.07, 6.45) is 0. The molecule has 0 saturated heterocycles. The summed E-state index contributed by atoms with van der Waals surface area (Å²) in [6, 6.07) is 16.4. The molecule has 9 heteroatoms. The van der Waals surface area contributed by atoms with Crippen molar-refractivity contribution in [2.24, 2.45) is 5.73 Å². The highest BCUT2D eigenvalue weighted by Crippen LogP contribution is 2.44. The van der Waals surface area contributed by atoms with Crippen LogP contribution in [0.25, 0.3) is 0 Å². The molecule has 1 atom stereocenters. The van der Waals surface area contributed by atoms with E-state index >= 15 is 0 Å². The van der Waals surface area contributed by atoms with Gasteiger partial charge in [-0.3, -0.25) is 0 Å². The predicted octanol–water partition coefficient (Wildman–Crippen LogP) is 6.74. The molecule has 1 aliphatic rings. The van der Waals surface area contributed by atoms with Gasteiger partial charge in [0.15, 0.2) is 0 Å². The zero-order chi connectivity index (χ0) is 23.0. The van der Waals surface area contributed by atoms with Crippen molar-refractivity contribution in [3.63, 3.8) is 0 Å². The van der Waals surface area contributed by atoms with Crippen molar-refractivity contribution in [1.82, 2.24) is 0 Å². The number of carbonyl (C=O) groups excluding carboxylic acids is 1. The van der Waals surface area contributed by atoms with Crippen LogP contribution in [0.1, 0.15) is 27.4 Å². The molecule has 2 N–H and O–H groups in total. The average molecular weight is 506 g/mol. The Balaban J connectivity index is 1.71. The lowest BCUT2D eigenvalue weighted by Gasteiger charge is -2.27. The number of rotatable bonds is 3. The maximum atomic E-state index is 12.5. The molecule has 0 fully saturated rings. The fraction of sp³-hybridized carbons (Fsp3) is 0.0435. The SMILES string of the molecule is N#CC1=C(N)Oc2cc(OC(=O)c3ccc(Cl)cc3Cl)ccc2C1c1ccc(Cl)c(Cl)c1. The molecule has 0 bridgehead atoms. The van der Waals surface area contributed by atoms with E-state index in [1.165, 1.54) is 24.3 Å². The lowest BCUT2D eigenvalue weighted by Crippen LogP contribution is -2.21. The second-order valence-electron chi connectivity index (χ2n) is 6.81. The maximum Gasteiger partial charge on any atom is 0.345 e. The molecule has 32 heavy (non-hydrogen) atoms. The van der Waals surface area contributed by atoms with E-state index in [1.54, 1.807) is 30.3 Å². The summed E-state index contributed by atoms with van der Waals surface area (Å²) in [5.74, 6) is -0.704. The summed E-state index contributed by atoms with van der Waals surface area (Å²) in [7, 11) is 0. The molecule has 0 amide bonds. The molecular weight excluding hydrogens is 494 g/mol. The van der Waals surface area contributed by atoms with E-state index in [4.69, 9.17) is 61.6 Å². The number of halogens is 4. The Kier molecular flexibility index (Phi) is 6.23. The van der Waals surface area contributed by atoms with Crippen LogP contribution in [0.2, 0.25) is 20.1 Å². The zero-order valence-electron chi connectivity index (χ0n) is 16.0. The van der Waals surface area contributed by atoms with E-state index in [0.29, 0.717) is 31.9 Å². The minimum Gasteiger partial charge on any atom is -0.440 e. The van der Waals surface area contributed by atoms with Gasteiger partial charge < -0.3 is 15.2 Å². The molecule has 3 aromatic rings. The summed E-state index contributed by atoms with van der Waals surface area (Å²) in [5, 5.41) is 11.0. The predicted molar refractivity (Wildman–Crippen MR) is 124 cm³/mol. The lowest BCUT2D eigenvalue weighted by atomic mass is 9.83. The molecular formula is C23H12Cl4N2O3.